The zero-order valence-corrected chi connectivity index (χ0v) is 21.5. The first-order chi connectivity index (χ1) is 17.6. The monoisotopic (exact) mass is 496 g/mol. The third kappa shape index (κ3) is 6.04. The average molecular weight is 497 g/mol. The number of hydrogen-bond donors (Lipinski definition) is 0. The van der Waals surface area contributed by atoms with Gasteiger partial charge >= 0.3 is 0 Å². The van der Waals surface area contributed by atoms with Crippen molar-refractivity contribution in [1.29, 1.82) is 5.26 Å². The standard InChI is InChI=1S/C30H28N2O3S/c1-4-5-23(12-13-31)24-7-9-25(10-8-24)35-19-22-6-11-30-28(16-22)29(20-36-30)27-17-26(18-32-21(27)2)34-15-14-33-3/h6-11,16-18,20,23H,12,14-15,19H2,1-3H3/t23-/m0/s1. The normalized spacial score (nSPS) is 11.4. The molecule has 0 aliphatic rings. The maximum atomic E-state index is 9.06. The molecule has 182 valence electrons. The molecule has 6 heteroatoms. The molecule has 0 aliphatic heterocycles. The number of methoxy groups -OCH3 is 1. The Morgan fingerprint density at radius 1 is 1.00 bits per heavy atom. The quantitative estimate of drug-likeness (QED) is 0.177. The average Bonchev–Trinajstić information content (AvgIpc) is 3.32. The van der Waals surface area contributed by atoms with Crippen LogP contribution in [0.2, 0.25) is 0 Å². The van der Waals surface area contributed by atoms with E-state index in [1.165, 1.54) is 10.1 Å². The maximum Gasteiger partial charge on any atom is 0.138 e. The molecule has 0 radical (unpaired) electrons. The van der Waals surface area contributed by atoms with E-state index in [0.717, 1.165) is 39.4 Å². The number of pyridine rings is 1. The molecule has 2 aromatic carbocycles. The molecule has 5 nitrogen and oxygen atoms in total. The number of hydrogen-bond acceptors (Lipinski definition) is 6. The zero-order valence-electron chi connectivity index (χ0n) is 20.7. The van der Waals surface area contributed by atoms with Crippen LogP contribution in [0.5, 0.6) is 11.5 Å². The largest absolute Gasteiger partial charge is 0.490 e. The smallest absolute Gasteiger partial charge is 0.138 e. The fraction of sp³-hybridized carbons (Fsp3) is 0.267. The van der Waals surface area contributed by atoms with Gasteiger partial charge in [0.2, 0.25) is 0 Å². The van der Waals surface area contributed by atoms with E-state index in [2.05, 4.69) is 46.5 Å². The van der Waals surface area contributed by atoms with Gasteiger partial charge in [0.25, 0.3) is 0 Å². The highest BCUT2D eigenvalue weighted by molar-refractivity contribution is 7.17. The van der Waals surface area contributed by atoms with Crippen LogP contribution in [-0.4, -0.2) is 25.3 Å². The molecule has 0 spiro atoms. The van der Waals surface area contributed by atoms with Crippen molar-refractivity contribution in [3.63, 3.8) is 0 Å². The number of ether oxygens (including phenoxy) is 3. The third-order valence-electron chi connectivity index (χ3n) is 5.85. The summed E-state index contributed by atoms with van der Waals surface area (Å²) in [6.45, 7) is 5.28. The van der Waals surface area contributed by atoms with Gasteiger partial charge in [-0.1, -0.05) is 24.1 Å². The summed E-state index contributed by atoms with van der Waals surface area (Å²) in [5.41, 5.74) is 5.28. The lowest BCUT2D eigenvalue weighted by Gasteiger charge is -2.11. The molecule has 0 bridgehead atoms. The Hall–Kier alpha value is -3.84. The SMILES string of the molecule is CC#C[C@@H](CC#N)c1ccc(OCc2ccc3scc(-c4cc(OCCOC)cnc4C)c3c2)cc1. The van der Waals surface area contributed by atoms with Crippen molar-refractivity contribution in [3.05, 3.63) is 76.9 Å². The number of benzene rings is 2. The first kappa shape index (κ1) is 25.3. The minimum atomic E-state index is -0.0738. The van der Waals surface area contributed by atoms with E-state index >= 15 is 0 Å². The lowest BCUT2D eigenvalue weighted by molar-refractivity contribution is 0.146. The van der Waals surface area contributed by atoms with Gasteiger partial charge in [-0.15, -0.1) is 17.3 Å². The van der Waals surface area contributed by atoms with Crippen molar-refractivity contribution >= 4 is 21.4 Å². The Morgan fingerprint density at radius 2 is 1.83 bits per heavy atom. The number of nitrogens with zero attached hydrogens (tertiary/aromatic N) is 2. The van der Waals surface area contributed by atoms with Gasteiger partial charge in [-0.05, 0) is 60.7 Å². The fourth-order valence-electron chi connectivity index (χ4n) is 3.96. The van der Waals surface area contributed by atoms with Crippen LogP contribution in [0.1, 0.15) is 36.1 Å². The second-order valence-corrected chi connectivity index (χ2v) is 9.20. The zero-order chi connectivity index (χ0) is 25.3. The van der Waals surface area contributed by atoms with E-state index in [1.54, 1.807) is 31.6 Å². The molecule has 0 saturated carbocycles. The number of nitriles is 1. The van der Waals surface area contributed by atoms with Crippen LogP contribution in [0.4, 0.5) is 0 Å². The van der Waals surface area contributed by atoms with Crippen molar-refractivity contribution in [2.45, 2.75) is 32.8 Å². The van der Waals surface area contributed by atoms with Crippen molar-refractivity contribution in [2.75, 3.05) is 20.3 Å². The summed E-state index contributed by atoms with van der Waals surface area (Å²) in [6, 6.07) is 18.5. The summed E-state index contributed by atoms with van der Waals surface area (Å²) in [5.74, 6) is 7.45. The van der Waals surface area contributed by atoms with E-state index in [1.807, 2.05) is 37.3 Å². The minimum absolute atomic E-state index is 0.0738. The third-order valence-corrected chi connectivity index (χ3v) is 6.81. The van der Waals surface area contributed by atoms with Crippen LogP contribution < -0.4 is 9.47 Å². The van der Waals surface area contributed by atoms with Crippen LogP contribution in [0.15, 0.2) is 60.1 Å². The Labute approximate surface area is 216 Å². The molecule has 0 N–H and O–H groups in total. The molecule has 2 heterocycles. The van der Waals surface area contributed by atoms with Gasteiger partial charge < -0.3 is 14.2 Å². The van der Waals surface area contributed by atoms with Gasteiger partial charge in [0, 0.05) is 34.0 Å². The minimum Gasteiger partial charge on any atom is -0.490 e. The Kier molecular flexibility index (Phi) is 8.57. The number of aryl methyl sites for hydroxylation is 1. The van der Waals surface area contributed by atoms with Gasteiger partial charge in [-0.25, -0.2) is 0 Å². The summed E-state index contributed by atoms with van der Waals surface area (Å²) >= 11 is 1.72. The summed E-state index contributed by atoms with van der Waals surface area (Å²) in [4.78, 5) is 4.55. The molecule has 0 amide bonds. The number of thiophene rings is 1. The van der Waals surface area contributed by atoms with Crippen LogP contribution in [0, 0.1) is 30.1 Å². The van der Waals surface area contributed by atoms with Crippen LogP contribution in [-0.2, 0) is 11.3 Å². The Morgan fingerprint density at radius 3 is 2.58 bits per heavy atom. The molecular weight excluding hydrogens is 468 g/mol. The van der Waals surface area contributed by atoms with Crippen molar-refractivity contribution in [2.24, 2.45) is 0 Å². The second-order valence-electron chi connectivity index (χ2n) is 8.29. The predicted molar refractivity (Wildman–Crippen MR) is 144 cm³/mol. The Bertz CT molecular complexity index is 1420. The van der Waals surface area contributed by atoms with Gasteiger partial charge in [0.1, 0.15) is 24.7 Å². The molecule has 4 rings (SSSR count). The molecule has 0 unspecified atom stereocenters. The molecule has 36 heavy (non-hydrogen) atoms. The molecule has 2 aromatic heterocycles. The predicted octanol–water partition coefficient (Wildman–Crippen LogP) is 6.90. The van der Waals surface area contributed by atoms with Crippen LogP contribution >= 0.6 is 11.3 Å². The van der Waals surface area contributed by atoms with Gasteiger partial charge in [-0.3, -0.25) is 4.98 Å². The van der Waals surface area contributed by atoms with E-state index < -0.39 is 0 Å². The van der Waals surface area contributed by atoms with E-state index in [9.17, 15) is 0 Å². The highest BCUT2D eigenvalue weighted by Gasteiger charge is 2.13. The molecular formula is C30H28N2O3S. The summed E-state index contributed by atoms with van der Waals surface area (Å²) in [5, 5.41) is 12.4. The maximum absolute atomic E-state index is 9.06. The molecule has 4 aromatic rings. The number of aromatic nitrogens is 1. The van der Waals surface area contributed by atoms with Gasteiger partial charge in [0.05, 0.1) is 31.2 Å². The molecule has 1 atom stereocenters. The Balaban J connectivity index is 1.51. The lowest BCUT2D eigenvalue weighted by Crippen LogP contribution is -2.04. The topological polar surface area (TPSA) is 64.4 Å². The van der Waals surface area contributed by atoms with Gasteiger partial charge in [-0.2, -0.15) is 5.26 Å². The first-order valence-corrected chi connectivity index (χ1v) is 12.6. The van der Waals surface area contributed by atoms with Crippen molar-refractivity contribution in [3.8, 4) is 40.5 Å². The van der Waals surface area contributed by atoms with Crippen molar-refractivity contribution in [1.82, 2.24) is 4.98 Å². The summed E-state index contributed by atoms with van der Waals surface area (Å²) in [7, 11) is 1.66. The van der Waals surface area contributed by atoms with Gasteiger partial charge in [0.15, 0.2) is 0 Å². The first-order valence-electron chi connectivity index (χ1n) is 11.7. The van der Waals surface area contributed by atoms with E-state index in [0.29, 0.717) is 26.2 Å². The number of rotatable bonds is 10. The number of fused-ring (bicyclic) bond motifs is 1. The van der Waals surface area contributed by atoms with Crippen LogP contribution in [0.3, 0.4) is 0 Å². The van der Waals surface area contributed by atoms with Crippen LogP contribution in [0.25, 0.3) is 21.2 Å². The summed E-state index contributed by atoms with van der Waals surface area (Å²) < 4.78 is 18.2. The fourth-order valence-corrected chi connectivity index (χ4v) is 4.90. The molecule has 0 aliphatic carbocycles. The van der Waals surface area contributed by atoms with E-state index in [4.69, 9.17) is 19.5 Å². The highest BCUT2D eigenvalue weighted by atomic mass is 32.1. The van der Waals surface area contributed by atoms with E-state index in [-0.39, 0.29) is 5.92 Å². The van der Waals surface area contributed by atoms with Crippen molar-refractivity contribution < 1.29 is 14.2 Å². The molecule has 0 saturated heterocycles. The highest BCUT2D eigenvalue weighted by Crippen LogP contribution is 2.37. The summed E-state index contributed by atoms with van der Waals surface area (Å²) in [6.07, 6.45) is 2.13. The second kappa shape index (κ2) is 12.2. The molecule has 0 fully saturated rings. The lowest BCUT2D eigenvalue weighted by atomic mass is 9.97.